The number of primary amides is 1. The van der Waals surface area contributed by atoms with Crippen molar-refractivity contribution in [2.45, 2.75) is 44.7 Å². The second kappa shape index (κ2) is 6.56. The summed E-state index contributed by atoms with van der Waals surface area (Å²) in [7, 11) is 0. The fourth-order valence-corrected chi connectivity index (χ4v) is 2.42. The number of rotatable bonds is 5. The van der Waals surface area contributed by atoms with Gasteiger partial charge in [-0.25, -0.2) is 4.79 Å². The van der Waals surface area contributed by atoms with Gasteiger partial charge in [0.15, 0.2) is 0 Å². The number of hydrogen-bond acceptors (Lipinski definition) is 4. The normalized spacial score (nSPS) is 18.3. The Bertz CT molecular complexity index is 277. The van der Waals surface area contributed by atoms with Gasteiger partial charge in [-0.1, -0.05) is 12.8 Å². The Labute approximate surface area is 101 Å². The molecule has 98 valence electrons. The van der Waals surface area contributed by atoms with Gasteiger partial charge in [0, 0.05) is 12.6 Å². The average molecular weight is 243 g/mol. The number of carbonyl (C=O) groups is 2. The highest BCUT2D eigenvalue weighted by Gasteiger charge is 2.30. The zero-order valence-electron chi connectivity index (χ0n) is 10.2. The Morgan fingerprint density at radius 2 is 2.06 bits per heavy atom. The highest BCUT2D eigenvalue weighted by atomic mass is 16.3. The molecule has 6 nitrogen and oxygen atoms in total. The van der Waals surface area contributed by atoms with Crippen molar-refractivity contribution >= 4 is 11.9 Å². The van der Waals surface area contributed by atoms with Crippen LogP contribution < -0.4 is 11.1 Å². The maximum absolute atomic E-state index is 11.7. The Kier molecular flexibility index (Phi) is 5.37. The van der Waals surface area contributed by atoms with E-state index >= 15 is 0 Å². The minimum absolute atomic E-state index is 0.00465. The number of aliphatic hydroxyl groups is 1. The quantitative estimate of drug-likeness (QED) is 0.623. The Morgan fingerprint density at radius 1 is 1.47 bits per heavy atom. The van der Waals surface area contributed by atoms with Crippen LogP contribution in [0.25, 0.3) is 0 Å². The molecule has 1 saturated carbocycles. The number of imide groups is 1. The van der Waals surface area contributed by atoms with Gasteiger partial charge in [-0.05, 0) is 19.8 Å². The Morgan fingerprint density at radius 3 is 2.53 bits per heavy atom. The molecule has 1 fully saturated rings. The lowest BCUT2D eigenvalue weighted by Crippen LogP contribution is -2.52. The van der Waals surface area contributed by atoms with E-state index in [-0.39, 0.29) is 6.61 Å². The van der Waals surface area contributed by atoms with Crippen LogP contribution in [-0.4, -0.2) is 47.2 Å². The fraction of sp³-hybridized carbons (Fsp3) is 0.818. The zero-order valence-corrected chi connectivity index (χ0v) is 10.2. The summed E-state index contributed by atoms with van der Waals surface area (Å²) in [6, 6.07) is -0.967. The summed E-state index contributed by atoms with van der Waals surface area (Å²) in [6.07, 6.45) is 4.37. The molecule has 1 atom stereocenters. The van der Waals surface area contributed by atoms with Gasteiger partial charge < -0.3 is 10.8 Å². The molecule has 1 unspecified atom stereocenters. The highest BCUT2D eigenvalue weighted by molar-refractivity contribution is 5.96. The first-order valence-corrected chi connectivity index (χ1v) is 6.03. The molecule has 0 aromatic carbocycles. The summed E-state index contributed by atoms with van der Waals surface area (Å²) in [5, 5.41) is 11.1. The van der Waals surface area contributed by atoms with E-state index in [9.17, 15) is 9.59 Å². The van der Waals surface area contributed by atoms with Crippen molar-refractivity contribution in [3.63, 3.8) is 0 Å². The third kappa shape index (κ3) is 3.98. The third-order valence-corrected chi connectivity index (χ3v) is 3.28. The fourth-order valence-electron chi connectivity index (χ4n) is 2.42. The Balaban J connectivity index is 2.61. The lowest BCUT2D eigenvalue weighted by atomic mass is 10.1. The molecule has 1 aliphatic rings. The molecule has 0 saturated heterocycles. The molecule has 0 aromatic rings. The van der Waals surface area contributed by atoms with Crippen molar-refractivity contribution in [1.29, 1.82) is 0 Å². The number of urea groups is 1. The predicted molar refractivity (Wildman–Crippen MR) is 63.2 cm³/mol. The van der Waals surface area contributed by atoms with Crippen molar-refractivity contribution in [3.8, 4) is 0 Å². The number of hydrogen-bond donors (Lipinski definition) is 3. The van der Waals surface area contributed by atoms with E-state index in [1.165, 1.54) is 0 Å². The molecule has 0 spiro atoms. The summed E-state index contributed by atoms with van der Waals surface area (Å²) in [6.45, 7) is 2.18. The van der Waals surface area contributed by atoms with Gasteiger partial charge in [0.1, 0.15) is 0 Å². The van der Waals surface area contributed by atoms with Crippen LogP contribution >= 0.6 is 0 Å². The zero-order chi connectivity index (χ0) is 12.8. The maximum Gasteiger partial charge on any atom is 0.318 e. The number of nitrogens with zero attached hydrogens (tertiary/aromatic N) is 1. The van der Waals surface area contributed by atoms with Gasteiger partial charge >= 0.3 is 6.03 Å². The summed E-state index contributed by atoms with van der Waals surface area (Å²) >= 11 is 0. The van der Waals surface area contributed by atoms with E-state index in [2.05, 4.69) is 5.32 Å². The number of nitrogens with one attached hydrogen (secondary N) is 1. The standard InChI is InChI=1S/C11H21N3O3/c1-8(10(16)13-11(12)17)14(6-7-15)9-4-2-3-5-9/h8-9,15H,2-7H2,1H3,(H3,12,13,16,17). The van der Waals surface area contributed by atoms with E-state index in [1.807, 2.05) is 4.90 Å². The molecular formula is C11H21N3O3. The number of amides is 3. The minimum atomic E-state index is -0.836. The van der Waals surface area contributed by atoms with Crippen molar-refractivity contribution in [1.82, 2.24) is 10.2 Å². The number of carbonyl (C=O) groups excluding carboxylic acids is 2. The molecule has 0 bridgehead atoms. The van der Waals surface area contributed by atoms with Gasteiger partial charge in [-0.2, -0.15) is 0 Å². The monoisotopic (exact) mass is 243 g/mol. The molecule has 3 amide bonds. The van der Waals surface area contributed by atoms with Crippen LogP contribution in [0.5, 0.6) is 0 Å². The first-order chi connectivity index (χ1) is 8.06. The van der Waals surface area contributed by atoms with Gasteiger partial charge in [-0.15, -0.1) is 0 Å². The van der Waals surface area contributed by atoms with Gasteiger partial charge in [0.2, 0.25) is 5.91 Å². The van der Waals surface area contributed by atoms with Crippen LogP contribution in [-0.2, 0) is 4.79 Å². The molecule has 1 rings (SSSR count). The first kappa shape index (κ1) is 13.9. The summed E-state index contributed by atoms with van der Waals surface area (Å²) in [5.41, 5.74) is 4.92. The summed E-state index contributed by atoms with van der Waals surface area (Å²) in [5.74, 6) is -0.405. The van der Waals surface area contributed by atoms with Crippen LogP contribution in [0, 0.1) is 0 Å². The van der Waals surface area contributed by atoms with E-state index in [0.29, 0.717) is 12.6 Å². The van der Waals surface area contributed by atoms with Crippen molar-refractivity contribution in [2.24, 2.45) is 5.73 Å². The second-order valence-corrected chi connectivity index (χ2v) is 4.43. The molecule has 4 N–H and O–H groups in total. The maximum atomic E-state index is 11.7. The molecule has 17 heavy (non-hydrogen) atoms. The van der Waals surface area contributed by atoms with Crippen LogP contribution in [0.3, 0.4) is 0 Å². The third-order valence-electron chi connectivity index (χ3n) is 3.28. The molecular weight excluding hydrogens is 222 g/mol. The van der Waals surface area contributed by atoms with Crippen LogP contribution in [0.4, 0.5) is 4.79 Å². The van der Waals surface area contributed by atoms with Crippen molar-refractivity contribution in [3.05, 3.63) is 0 Å². The van der Waals surface area contributed by atoms with E-state index < -0.39 is 18.0 Å². The smallest absolute Gasteiger partial charge is 0.318 e. The molecule has 0 aromatic heterocycles. The molecule has 1 aliphatic carbocycles. The van der Waals surface area contributed by atoms with Gasteiger partial charge in [0.25, 0.3) is 0 Å². The Hall–Kier alpha value is -1.14. The lowest BCUT2D eigenvalue weighted by Gasteiger charge is -2.32. The van der Waals surface area contributed by atoms with Crippen molar-refractivity contribution < 1.29 is 14.7 Å². The average Bonchev–Trinajstić information content (AvgIpc) is 2.77. The van der Waals surface area contributed by atoms with Crippen LogP contribution in [0.2, 0.25) is 0 Å². The van der Waals surface area contributed by atoms with Crippen LogP contribution in [0.1, 0.15) is 32.6 Å². The minimum Gasteiger partial charge on any atom is -0.395 e. The van der Waals surface area contributed by atoms with E-state index in [1.54, 1.807) is 6.92 Å². The molecule has 0 aliphatic heterocycles. The summed E-state index contributed by atoms with van der Waals surface area (Å²) in [4.78, 5) is 24.3. The SMILES string of the molecule is CC(C(=O)NC(N)=O)N(CCO)C1CCCC1. The lowest BCUT2D eigenvalue weighted by molar-refractivity contribution is -0.125. The van der Waals surface area contributed by atoms with E-state index in [0.717, 1.165) is 25.7 Å². The first-order valence-electron chi connectivity index (χ1n) is 6.03. The van der Waals surface area contributed by atoms with E-state index in [4.69, 9.17) is 10.8 Å². The predicted octanol–water partition coefficient (Wildman–Crippen LogP) is -0.193. The topological polar surface area (TPSA) is 95.7 Å². The second-order valence-electron chi connectivity index (χ2n) is 4.43. The number of nitrogens with two attached hydrogens (primary N) is 1. The molecule has 6 heteroatoms. The largest absolute Gasteiger partial charge is 0.395 e. The highest BCUT2D eigenvalue weighted by Crippen LogP contribution is 2.24. The van der Waals surface area contributed by atoms with Gasteiger partial charge in [-0.3, -0.25) is 15.0 Å². The summed E-state index contributed by atoms with van der Waals surface area (Å²) < 4.78 is 0. The van der Waals surface area contributed by atoms with Crippen molar-refractivity contribution in [2.75, 3.05) is 13.2 Å². The van der Waals surface area contributed by atoms with Crippen LogP contribution in [0.15, 0.2) is 0 Å². The van der Waals surface area contributed by atoms with Gasteiger partial charge in [0.05, 0.1) is 12.6 Å². The molecule has 0 heterocycles. The molecule has 0 radical (unpaired) electrons. The number of aliphatic hydroxyl groups excluding tert-OH is 1.